The van der Waals surface area contributed by atoms with Gasteiger partial charge in [-0.05, 0) is 22.6 Å². The first-order chi connectivity index (χ1) is 12.8. The summed E-state index contributed by atoms with van der Waals surface area (Å²) in [5.41, 5.74) is -0.115. The average Bonchev–Trinajstić information content (AvgIpc) is 3.26. The molecule has 0 spiro atoms. The Morgan fingerprint density at radius 2 is 1.30 bits per heavy atom. The van der Waals surface area contributed by atoms with E-state index >= 15 is 0 Å². The van der Waals surface area contributed by atoms with Crippen molar-refractivity contribution >= 4 is 78.8 Å². The topological polar surface area (TPSA) is 151 Å². The molecule has 2 heterocycles. The third-order valence-corrected chi connectivity index (χ3v) is 6.70. The van der Waals surface area contributed by atoms with E-state index in [0.717, 1.165) is 29.1 Å². The van der Waals surface area contributed by atoms with Gasteiger partial charge in [-0.15, -0.1) is 0 Å². The van der Waals surface area contributed by atoms with Crippen molar-refractivity contribution in [2.45, 2.75) is 6.92 Å². The molecule has 30 heavy (non-hydrogen) atoms. The molecule has 0 saturated carbocycles. The summed E-state index contributed by atoms with van der Waals surface area (Å²) in [7, 11) is -3.09. The molecule has 0 aromatic carbocycles. The van der Waals surface area contributed by atoms with Gasteiger partial charge in [0.25, 0.3) is 0 Å². The Kier molecular flexibility index (Phi) is 17.5. The molecule has 0 aliphatic heterocycles. The molecule has 18 heteroatoms. The minimum atomic E-state index is -3.62. The Morgan fingerprint density at radius 1 is 0.933 bits per heavy atom. The molecule has 0 unspecified atom stereocenters. The number of hydrogen-bond acceptors (Lipinski definition) is 8. The van der Waals surface area contributed by atoms with Crippen molar-refractivity contribution in [2.75, 3.05) is 28.2 Å². The number of aromatic nitrogens is 4. The summed E-state index contributed by atoms with van der Waals surface area (Å²) in [6.45, 7) is 5.00. The maximum atomic E-state index is 11.5. The van der Waals surface area contributed by atoms with Gasteiger partial charge in [0, 0.05) is 34.4 Å². The molecule has 0 aliphatic carbocycles. The van der Waals surface area contributed by atoms with Gasteiger partial charge in [-0.25, -0.2) is 17.9 Å². The zero-order valence-corrected chi connectivity index (χ0v) is 23.9. The number of rotatable bonds is 5. The van der Waals surface area contributed by atoms with E-state index in [1.165, 1.54) is 40.7 Å². The quantitative estimate of drug-likeness (QED) is 0.185. The molecule has 0 bridgehead atoms. The van der Waals surface area contributed by atoms with Crippen LogP contribution in [0.2, 0.25) is 0 Å². The molecular formula is C12H23BBrIMgN6O6S2. The van der Waals surface area contributed by atoms with Crippen LogP contribution in [0.5, 0.6) is 0 Å². The molecule has 168 valence electrons. The molecule has 2 aromatic rings. The zero-order chi connectivity index (χ0) is 22.3. The smallest absolute Gasteiger partial charge is 1.00 e. The van der Waals surface area contributed by atoms with E-state index in [1.807, 2.05) is 22.6 Å². The van der Waals surface area contributed by atoms with Crippen molar-refractivity contribution < 1.29 is 43.9 Å². The molecule has 0 fully saturated rings. The van der Waals surface area contributed by atoms with Crippen LogP contribution in [-0.4, -0.2) is 112 Å². The summed E-state index contributed by atoms with van der Waals surface area (Å²) in [6.07, 6.45) is 4.77. The maximum Gasteiger partial charge on any atom is 2.00 e. The predicted octanol–water partition coefficient (Wildman–Crippen LogP) is -5.18. The second-order valence-electron chi connectivity index (χ2n) is 5.11. The third kappa shape index (κ3) is 9.78. The Hall–Kier alpha value is 0.201. The van der Waals surface area contributed by atoms with Crippen LogP contribution in [0.1, 0.15) is 6.92 Å². The summed E-state index contributed by atoms with van der Waals surface area (Å²) < 4.78 is 50.3. The molecule has 2 N–H and O–H groups in total. The van der Waals surface area contributed by atoms with Crippen molar-refractivity contribution in [1.29, 1.82) is 0 Å². The van der Waals surface area contributed by atoms with Crippen LogP contribution in [-0.2, 0) is 20.4 Å². The van der Waals surface area contributed by atoms with Gasteiger partial charge in [0.05, 0.1) is 11.8 Å². The maximum absolute atomic E-state index is 11.5. The average molecular weight is 653 g/mol. The van der Waals surface area contributed by atoms with E-state index in [4.69, 9.17) is 10.0 Å². The van der Waals surface area contributed by atoms with Crippen LogP contribution in [0.3, 0.4) is 0 Å². The summed E-state index contributed by atoms with van der Waals surface area (Å²) in [4.78, 5) is 7.33. The van der Waals surface area contributed by atoms with Crippen LogP contribution in [0, 0.1) is 10.6 Å². The van der Waals surface area contributed by atoms with Gasteiger partial charge in [0.2, 0.25) is 0 Å². The van der Waals surface area contributed by atoms with Gasteiger partial charge in [-0.3, -0.25) is 0 Å². The van der Waals surface area contributed by atoms with E-state index in [9.17, 15) is 16.8 Å². The normalized spacial score (nSPS) is 10.8. The Morgan fingerprint density at radius 3 is 1.57 bits per heavy atom. The van der Waals surface area contributed by atoms with E-state index in [0.29, 0.717) is 3.70 Å². The van der Waals surface area contributed by atoms with Crippen LogP contribution >= 0.6 is 22.6 Å². The van der Waals surface area contributed by atoms with Gasteiger partial charge < -0.3 is 34.0 Å². The van der Waals surface area contributed by atoms with Crippen molar-refractivity contribution in [1.82, 2.24) is 26.5 Å². The van der Waals surface area contributed by atoms with Crippen LogP contribution in [0.15, 0.2) is 25.0 Å². The minimum Gasteiger partial charge on any atom is -1.00 e. The van der Waals surface area contributed by atoms with E-state index in [1.54, 1.807) is 6.92 Å². The van der Waals surface area contributed by atoms with Crippen molar-refractivity contribution in [2.24, 2.45) is 0 Å². The van der Waals surface area contributed by atoms with Gasteiger partial charge in [0.1, 0.15) is 16.4 Å². The predicted molar refractivity (Wildman–Crippen MR) is 120 cm³/mol. The molecular weight excluding hydrogens is 630 g/mol. The molecule has 2 aromatic heterocycles. The second kappa shape index (κ2) is 15.1. The summed E-state index contributed by atoms with van der Waals surface area (Å²) in [5.74, 6) is 0. The van der Waals surface area contributed by atoms with Gasteiger partial charge in [-0.2, -0.15) is 32.4 Å². The standard InChI is InChI=1S/C5H10BN3O4S.C5H8IN3O2S.C2H5.BrH.Mg/c1-8(2)14(12,13)9-3-5(6(10)11)7-4-9;1-8(2)12(10,11)9-3-5(6)7-4-9;1-2;;/h3-4,10-11H,1-2H3;3-4H,1-2H3;1H2,2H3;1H;/q;;-1;;+2/p-1. The molecule has 0 atom stereocenters. The monoisotopic (exact) mass is 652 g/mol. The Labute approximate surface area is 218 Å². The molecule has 0 radical (unpaired) electrons. The summed E-state index contributed by atoms with van der Waals surface area (Å²) >= 11 is 1.95. The van der Waals surface area contributed by atoms with Gasteiger partial charge in [0.15, 0.2) is 0 Å². The largest absolute Gasteiger partial charge is 2.00 e. The van der Waals surface area contributed by atoms with Crippen molar-refractivity contribution in [3.63, 3.8) is 0 Å². The van der Waals surface area contributed by atoms with Crippen LogP contribution in [0.4, 0.5) is 0 Å². The minimum absolute atomic E-state index is 0. The van der Waals surface area contributed by atoms with Crippen molar-refractivity contribution in [3.05, 3.63) is 35.7 Å². The number of imidazole rings is 2. The molecule has 2 rings (SSSR count). The molecule has 0 aliphatic rings. The fourth-order valence-electron chi connectivity index (χ4n) is 1.37. The summed E-state index contributed by atoms with van der Waals surface area (Å²) in [5, 5.41) is 17.4. The third-order valence-electron chi connectivity index (χ3n) is 2.83. The van der Waals surface area contributed by atoms with Gasteiger partial charge in [-0.1, -0.05) is 0 Å². The van der Waals surface area contributed by atoms with Gasteiger partial charge >= 0.3 is 50.6 Å². The van der Waals surface area contributed by atoms with Crippen LogP contribution < -0.4 is 22.6 Å². The first-order valence-corrected chi connectivity index (χ1v) is 11.3. The van der Waals surface area contributed by atoms with E-state index in [2.05, 4.69) is 16.9 Å². The number of nitrogens with zero attached hydrogens (tertiary/aromatic N) is 6. The summed E-state index contributed by atoms with van der Waals surface area (Å²) in [6, 6.07) is 0. The zero-order valence-electron chi connectivity index (χ0n) is 17.1. The molecule has 0 saturated heterocycles. The number of hydrogen-bond donors (Lipinski definition) is 2. The second-order valence-corrected chi connectivity index (χ2v) is 10.3. The van der Waals surface area contributed by atoms with E-state index in [-0.39, 0.29) is 45.6 Å². The van der Waals surface area contributed by atoms with Crippen LogP contribution in [0.25, 0.3) is 0 Å². The fraction of sp³-hybridized carbons (Fsp3) is 0.417. The molecule has 12 nitrogen and oxygen atoms in total. The Balaban J connectivity index is -0.000000426. The van der Waals surface area contributed by atoms with E-state index < -0.39 is 27.5 Å². The molecule has 0 amide bonds. The Bertz CT molecular complexity index is 954. The first-order valence-electron chi connectivity index (χ1n) is 7.46. The fourth-order valence-corrected chi connectivity index (χ4v) is 3.54. The first kappa shape index (κ1) is 34.8. The number of halogens is 2. The van der Waals surface area contributed by atoms with Crippen molar-refractivity contribution in [3.8, 4) is 0 Å². The SMILES string of the molecule is CN(C)S(=O)(=O)n1cnc(B(O)O)c1.CN(C)S(=O)(=O)n1cnc(I)c1.[Br-].[CH2-]C.[Mg+2].